The molecule has 1 amide bonds. The van der Waals surface area contributed by atoms with Crippen molar-refractivity contribution >= 4 is 11.6 Å². The molecule has 200 valence electrons. The molecule has 0 spiro atoms. The predicted molar refractivity (Wildman–Crippen MR) is 145 cm³/mol. The number of pyridine rings is 1. The molecule has 0 aliphatic carbocycles. The molecule has 0 atom stereocenters. The molecule has 1 aromatic heterocycles. The standard InChI is InChI=1S/C29H34N4O5/c1-20-4-10-25(29(34)30-15-12-21-7-11-26(37-2)27(18-21)38-3)28(31-20)23-13-16-32(17-14-23)19-22-5-8-24(9-6-22)33(35)36/h4-11,18,23H,12-17,19H2,1-3H3,(H,30,34). The van der Waals surface area contributed by atoms with Gasteiger partial charge in [-0.05, 0) is 74.7 Å². The van der Waals surface area contributed by atoms with Gasteiger partial charge in [-0.2, -0.15) is 0 Å². The Morgan fingerprint density at radius 1 is 1.03 bits per heavy atom. The smallest absolute Gasteiger partial charge is 0.269 e. The summed E-state index contributed by atoms with van der Waals surface area (Å²) in [7, 11) is 3.21. The second kappa shape index (κ2) is 12.5. The van der Waals surface area contributed by atoms with Gasteiger partial charge in [-0.25, -0.2) is 0 Å². The summed E-state index contributed by atoms with van der Waals surface area (Å²) in [5.41, 5.74) is 4.60. The number of hydrogen-bond donors (Lipinski definition) is 1. The number of hydrogen-bond acceptors (Lipinski definition) is 7. The van der Waals surface area contributed by atoms with E-state index in [1.807, 2.05) is 49.4 Å². The number of carbonyl (C=O) groups is 1. The Balaban J connectivity index is 1.35. The van der Waals surface area contributed by atoms with Gasteiger partial charge in [0.05, 0.1) is 30.4 Å². The molecule has 1 aliphatic rings. The fraction of sp³-hybridized carbons (Fsp3) is 0.379. The average Bonchev–Trinajstić information content (AvgIpc) is 2.93. The number of benzene rings is 2. The lowest BCUT2D eigenvalue weighted by Gasteiger charge is -2.32. The summed E-state index contributed by atoms with van der Waals surface area (Å²) in [6.45, 7) is 4.94. The molecule has 2 aromatic carbocycles. The van der Waals surface area contributed by atoms with Crippen LogP contribution in [0.25, 0.3) is 0 Å². The van der Waals surface area contributed by atoms with Crippen LogP contribution in [0.1, 0.15) is 51.6 Å². The van der Waals surface area contributed by atoms with Crippen LogP contribution in [0.5, 0.6) is 11.5 Å². The number of nitro groups is 1. The number of likely N-dealkylation sites (tertiary alicyclic amines) is 1. The van der Waals surface area contributed by atoms with E-state index in [1.54, 1.807) is 26.4 Å². The molecule has 1 aliphatic heterocycles. The fourth-order valence-electron chi connectivity index (χ4n) is 4.88. The number of piperidine rings is 1. The van der Waals surface area contributed by atoms with Crippen molar-refractivity contribution in [3.05, 3.63) is 92.8 Å². The zero-order valence-corrected chi connectivity index (χ0v) is 22.1. The topological polar surface area (TPSA) is 107 Å². The number of nitro benzene ring substituents is 1. The lowest BCUT2D eigenvalue weighted by molar-refractivity contribution is -0.384. The molecule has 4 rings (SSSR count). The Morgan fingerprint density at radius 2 is 1.71 bits per heavy atom. The van der Waals surface area contributed by atoms with Crippen LogP contribution in [0.4, 0.5) is 5.69 Å². The number of amides is 1. The average molecular weight is 519 g/mol. The number of non-ortho nitro benzene ring substituents is 1. The van der Waals surface area contributed by atoms with Gasteiger partial charge in [0.2, 0.25) is 0 Å². The quantitative estimate of drug-likeness (QED) is 0.307. The Morgan fingerprint density at radius 3 is 2.37 bits per heavy atom. The third-order valence-corrected chi connectivity index (χ3v) is 6.98. The van der Waals surface area contributed by atoms with Crippen molar-refractivity contribution in [1.29, 1.82) is 0 Å². The molecule has 2 heterocycles. The van der Waals surface area contributed by atoms with Crippen molar-refractivity contribution in [3.63, 3.8) is 0 Å². The summed E-state index contributed by atoms with van der Waals surface area (Å²) in [6.07, 6.45) is 2.46. The Bertz CT molecular complexity index is 1270. The molecular weight excluding hydrogens is 484 g/mol. The summed E-state index contributed by atoms with van der Waals surface area (Å²) in [5, 5.41) is 13.9. The van der Waals surface area contributed by atoms with Crippen LogP contribution in [0, 0.1) is 17.0 Å². The highest BCUT2D eigenvalue weighted by atomic mass is 16.6. The first-order valence-electron chi connectivity index (χ1n) is 12.8. The van der Waals surface area contributed by atoms with Crippen LogP contribution < -0.4 is 14.8 Å². The first-order valence-corrected chi connectivity index (χ1v) is 12.8. The van der Waals surface area contributed by atoms with Gasteiger partial charge in [0, 0.05) is 36.8 Å². The number of nitrogens with zero attached hydrogens (tertiary/aromatic N) is 3. The van der Waals surface area contributed by atoms with Gasteiger partial charge in [0.15, 0.2) is 11.5 Å². The fourth-order valence-corrected chi connectivity index (χ4v) is 4.88. The number of aryl methyl sites for hydroxylation is 1. The van der Waals surface area contributed by atoms with E-state index in [-0.39, 0.29) is 22.4 Å². The number of rotatable bonds is 10. The van der Waals surface area contributed by atoms with Crippen LogP contribution >= 0.6 is 0 Å². The molecule has 9 nitrogen and oxygen atoms in total. The number of nitrogens with one attached hydrogen (secondary N) is 1. The number of carbonyl (C=O) groups excluding carboxylic acids is 1. The highest BCUT2D eigenvalue weighted by molar-refractivity contribution is 5.95. The summed E-state index contributed by atoms with van der Waals surface area (Å²) in [6, 6.07) is 16.3. The van der Waals surface area contributed by atoms with Gasteiger partial charge < -0.3 is 14.8 Å². The molecule has 0 bridgehead atoms. The first-order chi connectivity index (χ1) is 18.4. The summed E-state index contributed by atoms with van der Waals surface area (Å²) < 4.78 is 10.7. The van der Waals surface area contributed by atoms with E-state index in [4.69, 9.17) is 14.5 Å². The van der Waals surface area contributed by atoms with Crippen LogP contribution in [-0.2, 0) is 13.0 Å². The monoisotopic (exact) mass is 518 g/mol. The maximum atomic E-state index is 13.2. The third-order valence-electron chi connectivity index (χ3n) is 6.98. The zero-order valence-electron chi connectivity index (χ0n) is 22.1. The van der Waals surface area contributed by atoms with Crippen molar-refractivity contribution in [1.82, 2.24) is 15.2 Å². The summed E-state index contributed by atoms with van der Waals surface area (Å²) >= 11 is 0. The van der Waals surface area contributed by atoms with Gasteiger partial charge in [0.25, 0.3) is 11.6 Å². The molecule has 1 N–H and O–H groups in total. The highest BCUT2D eigenvalue weighted by Gasteiger charge is 2.26. The molecule has 0 unspecified atom stereocenters. The second-order valence-electron chi connectivity index (χ2n) is 9.55. The van der Waals surface area contributed by atoms with Gasteiger partial charge in [-0.3, -0.25) is 24.8 Å². The summed E-state index contributed by atoms with van der Waals surface area (Å²) in [5.74, 6) is 1.44. The van der Waals surface area contributed by atoms with Gasteiger partial charge in [-0.1, -0.05) is 18.2 Å². The highest BCUT2D eigenvalue weighted by Crippen LogP contribution is 2.31. The predicted octanol–water partition coefficient (Wildman–Crippen LogP) is 4.67. The molecular formula is C29H34N4O5. The van der Waals surface area contributed by atoms with Crippen molar-refractivity contribution in [3.8, 4) is 11.5 Å². The van der Waals surface area contributed by atoms with E-state index in [2.05, 4.69) is 10.2 Å². The largest absolute Gasteiger partial charge is 0.493 e. The van der Waals surface area contributed by atoms with Crippen LogP contribution in [0.15, 0.2) is 54.6 Å². The molecule has 1 saturated heterocycles. The minimum Gasteiger partial charge on any atom is -0.493 e. The Kier molecular flexibility index (Phi) is 8.91. The van der Waals surface area contributed by atoms with Crippen LogP contribution in [-0.4, -0.2) is 54.6 Å². The minimum atomic E-state index is -0.381. The van der Waals surface area contributed by atoms with Crippen LogP contribution in [0.3, 0.4) is 0 Å². The molecule has 0 radical (unpaired) electrons. The molecule has 1 fully saturated rings. The second-order valence-corrected chi connectivity index (χ2v) is 9.55. The number of ether oxygens (including phenoxy) is 2. The summed E-state index contributed by atoms with van der Waals surface area (Å²) in [4.78, 5) is 30.8. The molecule has 9 heteroatoms. The lowest BCUT2D eigenvalue weighted by atomic mass is 9.89. The SMILES string of the molecule is COc1ccc(CCNC(=O)c2ccc(C)nc2C2CCN(Cc3ccc([N+](=O)[O-])cc3)CC2)cc1OC. The minimum absolute atomic E-state index is 0.104. The van der Waals surface area contributed by atoms with Crippen molar-refractivity contribution < 1.29 is 19.2 Å². The van der Waals surface area contributed by atoms with Crippen molar-refractivity contribution in [2.45, 2.75) is 38.6 Å². The lowest BCUT2D eigenvalue weighted by Crippen LogP contribution is -2.34. The Labute approximate surface area is 222 Å². The van der Waals surface area contributed by atoms with E-state index in [9.17, 15) is 14.9 Å². The number of aromatic nitrogens is 1. The zero-order chi connectivity index (χ0) is 27.1. The van der Waals surface area contributed by atoms with E-state index in [0.717, 1.165) is 55.0 Å². The third kappa shape index (κ3) is 6.66. The van der Waals surface area contributed by atoms with E-state index in [1.165, 1.54) is 0 Å². The molecule has 3 aromatic rings. The van der Waals surface area contributed by atoms with E-state index < -0.39 is 0 Å². The van der Waals surface area contributed by atoms with Gasteiger partial charge in [-0.15, -0.1) is 0 Å². The maximum Gasteiger partial charge on any atom is 0.269 e. The normalized spacial score (nSPS) is 14.2. The first kappa shape index (κ1) is 27.1. The molecule has 38 heavy (non-hydrogen) atoms. The number of methoxy groups -OCH3 is 2. The van der Waals surface area contributed by atoms with Crippen molar-refractivity contribution in [2.75, 3.05) is 33.9 Å². The van der Waals surface area contributed by atoms with Crippen molar-refractivity contribution in [2.24, 2.45) is 0 Å². The van der Waals surface area contributed by atoms with E-state index >= 15 is 0 Å². The maximum absolute atomic E-state index is 13.2. The molecule has 0 saturated carbocycles. The van der Waals surface area contributed by atoms with Gasteiger partial charge in [0.1, 0.15) is 0 Å². The Hall–Kier alpha value is -3.98. The van der Waals surface area contributed by atoms with Gasteiger partial charge >= 0.3 is 0 Å². The van der Waals surface area contributed by atoms with E-state index in [0.29, 0.717) is 30.0 Å². The van der Waals surface area contributed by atoms with Crippen LogP contribution in [0.2, 0.25) is 0 Å².